The topological polar surface area (TPSA) is 12.0 Å². The summed E-state index contributed by atoms with van der Waals surface area (Å²) in [4.78, 5) is 1.29. The molecule has 0 aliphatic rings. The van der Waals surface area contributed by atoms with Gasteiger partial charge in [-0.05, 0) is 59.1 Å². The van der Waals surface area contributed by atoms with Crippen LogP contribution in [0.2, 0.25) is 5.02 Å². The first-order chi connectivity index (χ1) is 9.13. The first-order valence-electron chi connectivity index (χ1n) is 6.37. The van der Waals surface area contributed by atoms with Crippen LogP contribution >= 0.6 is 38.9 Å². The lowest BCUT2D eigenvalue weighted by molar-refractivity contribution is 0.606. The van der Waals surface area contributed by atoms with Gasteiger partial charge in [-0.25, -0.2) is 0 Å². The summed E-state index contributed by atoms with van der Waals surface area (Å²) in [6, 6.07) is 10.6. The Kier molecular flexibility index (Phi) is 5.46. The minimum atomic E-state index is 0.170. The zero-order chi connectivity index (χ0) is 13.8. The van der Waals surface area contributed by atoms with Crippen LogP contribution < -0.4 is 5.32 Å². The fourth-order valence-corrected chi connectivity index (χ4v) is 3.78. The maximum Gasteiger partial charge on any atom is 0.0702 e. The predicted molar refractivity (Wildman–Crippen MR) is 88.3 cm³/mol. The minimum Gasteiger partial charge on any atom is -0.306 e. The molecule has 1 atom stereocenters. The smallest absolute Gasteiger partial charge is 0.0702 e. The van der Waals surface area contributed by atoms with Crippen LogP contribution in [0.3, 0.4) is 0 Å². The molecule has 1 aromatic heterocycles. The van der Waals surface area contributed by atoms with Gasteiger partial charge in [-0.15, -0.1) is 11.3 Å². The van der Waals surface area contributed by atoms with Crippen LogP contribution in [0.1, 0.15) is 35.4 Å². The summed E-state index contributed by atoms with van der Waals surface area (Å²) in [5.41, 5.74) is 2.28. The molecule has 0 saturated carbocycles. The maximum absolute atomic E-state index is 6.48. The molecular formula is C15H17BrClNS. The summed E-state index contributed by atoms with van der Waals surface area (Å²) in [6.07, 6.45) is 1.10. The van der Waals surface area contributed by atoms with Crippen LogP contribution in [0.4, 0.5) is 0 Å². The van der Waals surface area contributed by atoms with Crippen LogP contribution in [0.5, 0.6) is 0 Å². The van der Waals surface area contributed by atoms with Crippen molar-refractivity contribution in [3.63, 3.8) is 0 Å². The van der Waals surface area contributed by atoms with E-state index in [1.165, 1.54) is 4.88 Å². The fraction of sp³-hybridized carbons (Fsp3) is 0.333. The van der Waals surface area contributed by atoms with Gasteiger partial charge < -0.3 is 5.32 Å². The van der Waals surface area contributed by atoms with Crippen LogP contribution in [-0.4, -0.2) is 6.54 Å². The van der Waals surface area contributed by atoms with Crippen molar-refractivity contribution in [3.8, 4) is 0 Å². The lowest BCUT2D eigenvalue weighted by atomic mass is 10.0. The molecule has 1 heterocycles. The maximum atomic E-state index is 6.48. The summed E-state index contributed by atoms with van der Waals surface area (Å²) in [6.45, 7) is 5.20. The van der Waals surface area contributed by atoms with Gasteiger partial charge in [-0.1, -0.05) is 36.7 Å². The molecule has 0 aliphatic heterocycles. The van der Waals surface area contributed by atoms with E-state index in [9.17, 15) is 0 Å². The lowest BCUT2D eigenvalue weighted by Gasteiger charge is -2.19. The highest BCUT2D eigenvalue weighted by Gasteiger charge is 2.18. The quantitative estimate of drug-likeness (QED) is 0.737. The lowest BCUT2D eigenvalue weighted by Crippen LogP contribution is -2.22. The number of nitrogens with one attached hydrogen (secondary N) is 1. The second-order valence-electron chi connectivity index (χ2n) is 4.51. The minimum absolute atomic E-state index is 0.170. The summed E-state index contributed by atoms with van der Waals surface area (Å²) in [5.74, 6) is 0. The van der Waals surface area contributed by atoms with Crippen molar-refractivity contribution in [1.82, 2.24) is 5.32 Å². The Morgan fingerprint density at radius 2 is 2.11 bits per heavy atom. The van der Waals surface area contributed by atoms with Crippen LogP contribution in [0, 0.1) is 6.92 Å². The largest absolute Gasteiger partial charge is 0.306 e. The van der Waals surface area contributed by atoms with Crippen molar-refractivity contribution in [3.05, 3.63) is 55.1 Å². The molecule has 1 nitrogen and oxygen atoms in total. The Balaban J connectivity index is 2.39. The van der Waals surface area contributed by atoms with Crippen molar-refractivity contribution >= 4 is 38.9 Å². The number of thiophene rings is 1. The third-order valence-electron chi connectivity index (χ3n) is 3.01. The number of hydrogen-bond acceptors (Lipinski definition) is 2. The Labute approximate surface area is 132 Å². The molecule has 102 valence electrons. The molecule has 1 N–H and O–H groups in total. The van der Waals surface area contributed by atoms with Crippen LogP contribution in [0.25, 0.3) is 0 Å². The molecule has 4 heteroatoms. The Hall–Kier alpha value is -0.350. The van der Waals surface area contributed by atoms with Gasteiger partial charge in [-0.2, -0.15) is 0 Å². The van der Waals surface area contributed by atoms with E-state index in [0.717, 1.165) is 32.9 Å². The standard InChI is InChI=1S/C15H17BrClNS/c1-3-9-18-15(12-7-8-13(16)19-12)11-6-4-5-10(2)14(11)17/h4-8,15,18H,3,9H2,1-2H3. The van der Waals surface area contributed by atoms with E-state index in [1.54, 1.807) is 11.3 Å². The average molecular weight is 359 g/mol. The molecule has 0 radical (unpaired) electrons. The van der Waals surface area contributed by atoms with E-state index in [2.05, 4.69) is 52.4 Å². The number of rotatable bonds is 5. The average Bonchev–Trinajstić information content (AvgIpc) is 2.81. The van der Waals surface area contributed by atoms with E-state index in [-0.39, 0.29) is 6.04 Å². The summed E-state index contributed by atoms with van der Waals surface area (Å²) >= 11 is 11.8. The molecule has 1 unspecified atom stereocenters. The Morgan fingerprint density at radius 3 is 2.74 bits per heavy atom. The summed E-state index contributed by atoms with van der Waals surface area (Å²) < 4.78 is 1.15. The van der Waals surface area contributed by atoms with Gasteiger partial charge in [0.1, 0.15) is 0 Å². The molecule has 0 spiro atoms. The van der Waals surface area contributed by atoms with E-state index in [0.29, 0.717) is 0 Å². The monoisotopic (exact) mass is 357 g/mol. The van der Waals surface area contributed by atoms with Crippen LogP contribution in [0.15, 0.2) is 34.1 Å². The normalized spacial score (nSPS) is 12.6. The molecule has 19 heavy (non-hydrogen) atoms. The van der Waals surface area contributed by atoms with E-state index < -0.39 is 0 Å². The highest BCUT2D eigenvalue weighted by Crippen LogP contribution is 2.35. The van der Waals surface area contributed by atoms with Crippen molar-refractivity contribution < 1.29 is 0 Å². The molecule has 0 aliphatic carbocycles. The molecule has 0 bridgehead atoms. The number of hydrogen-bond donors (Lipinski definition) is 1. The Bertz CT molecular complexity index is 553. The molecule has 2 rings (SSSR count). The second-order valence-corrected chi connectivity index (χ2v) is 7.38. The first kappa shape index (κ1) is 15.0. The van der Waals surface area contributed by atoms with Gasteiger partial charge in [0, 0.05) is 9.90 Å². The molecule has 1 aromatic carbocycles. The fourth-order valence-electron chi connectivity index (χ4n) is 2.03. The first-order valence-corrected chi connectivity index (χ1v) is 8.36. The summed E-state index contributed by atoms with van der Waals surface area (Å²) in [7, 11) is 0. The van der Waals surface area contributed by atoms with Crippen molar-refractivity contribution in [2.45, 2.75) is 26.3 Å². The van der Waals surface area contributed by atoms with Crippen LogP contribution in [-0.2, 0) is 0 Å². The van der Waals surface area contributed by atoms with Gasteiger partial charge >= 0.3 is 0 Å². The van der Waals surface area contributed by atoms with Crippen molar-refractivity contribution in [2.24, 2.45) is 0 Å². The van der Waals surface area contributed by atoms with Gasteiger partial charge in [0.15, 0.2) is 0 Å². The SMILES string of the molecule is CCCNC(c1ccc(Br)s1)c1cccc(C)c1Cl. The van der Waals surface area contributed by atoms with E-state index in [4.69, 9.17) is 11.6 Å². The molecule has 0 amide bonds. The van der Waals surface area contributed by atoms with Gasteiger partial charge in [0.2, 0.25) is 0 Å². The van der Waals surface area contributed by atoms with Crippen molar-refractivity contribution in [2.75, 3.05) is 6.54 Å². The molecule has 0 fully saturated rings. The molecule has 0 saturated heterocycles. The highest BCUT2D eigenvalue weighted by atomic mass is 79.9. The molecular weight excluding hydrogens is 342 g/mol. The van der Waals surface area contributed by atoms with E-state index >= 15 is 0 Å². The van der Waals surface area contributed by atoms with Gasteiger partial charge in [0.05, 0.1) is 9.83 Å². The van der Waals surface area contributed by atoms with Crippen molar-refractivity contribution in [1.29, 1.82) is 0 Å². The number of benzene rings is 1. The zero-order valence-corrected chi connectivity index (χ0v) is 14.2. The second kappa shape index (κ2) is 6.89. The van der Waals surface area contributed by atoms with Gasteiger partial charge in [0.25, 0.3) is 0 Å². The number of aryl methyl sites for hydroxylation is 1. The number of halogens is 2. The highest BCUT2D eigenvalue weighted by molar-refractivity contribution is 9.11. The predicted octanol–water partition coefficient (Wildman–Crippen LogP) is 5.56. The van der Waals surface area contributed by atoms with E-state index in [1.807, 2.05) is 13.0 Å². The third-order valence-corrected chi connectivity index (χ3v) is 5.21. The summed E-state index contributed by atoms with van der Waals surface area (Å²) in [5, 5.41) is 4.45. The Morgan fingerprint density at radius 1 is 1.32 bits per heavy atom. The van der Waals surface area contributed by atoms with Gasteiger partial charge in [-0.3, -0.25) is 0 Å². The third kappa shape index (κ3) is 3.60. The zero-order valence-electron chi connectivity index (χ0n) is 11.0. The molecule has 2 aromatic rings.